The summed E-state index contributed by atoms with van der Waals surface area (Å²) in [4.78, 5) is 10.6. The smallest absolute Gasteiger partial charge is 0.102 e. The van der Waals surface area contributed by atoms with Crippen LogP contribution < -0.4 is 5.11 Å². The Balaban J connectivity index is 4.48. The first-order valence-electron chi connectivity index (χ1n) is 6.76. The number of carboxylic acids is 1. The average Bonchev–Trinajstić information content (AvgIpc) is 2.31. The molecule has 0 atom stereocenters. The number of quaternary nitrogens is 1. The third-order valence-corrected chi connectivity index (χ3v) is 3.34. The van der Waals surface area contributed by atoms with Crippen molar-refractivity contribution in [1.29, 1.82) is 0 Å². The van der Waals surface area contributed by atoms with Gasteiger partial charge >= 0.3 is 0 Å². The second kappa shape index (κ2) is 9.42. The van der Waals surface area contributed by atoms with Crippen LogP contribution in [0.4, 0.5) is 0 Å². The highest BCUT2D eigenvalue weighted by Gasteiger charge is 2.25. The van der Waals surface area contributed by atoms with Crippen LogP contribution >= 0.6 is 0 Å². The fraction of sp³-hybridized carbons (Fsp3) is 0.923. The van der Waals surface area contributed by atoms with Crippen molar-refractivity contribution in [2.24, 2.45) is 0 Å². The summed E-state index contributed by atoms with van der Waals surface area (Å²) < 4.78 is 0.728. The summed E-state index contributed by atoms with van der Waals surface area (Å²) >= 11 is 0. The van der Waals surface area contributed by atoms with Gasteiger partial charge in [-0.1, -0.05) is 26.7 Å². The van der Waals surface area contributed by atoms with Gasteiger partial charge in [-0.2, -0.15) is 0 Å². The minimum absolute atomic E-state index is 0.0907. The first kappa shape index (κ1) is 16.4. The lowest BCUT2D eigenvalue weighted by atomic mass is 10.2. The van der Waals surface area contributed by atoms with Crippen molar-refractivity contribution in [3.63, 3.8) is 0 Å². The Kier molecular flexibility index (Phi) is 9.09. The topological polar surface area (TPSA) is 60.4 Å². The molecular weight excluding hydrogens is 218 g/mol. The van der Waals surface area contributed by atoms with Crippen LogP contribution in [0.5, 0.6) is 0 Å². The molecule has 0 spiro atoms. The molecule has 0 amide bonds. The molecule has 0 aromatic rings. The lowest BCUT2D eigenvalue weighted by Crippen LogP contribution is -2.53. The van der Waals surface area contributed by atoms with E-state index in [1.807, 2.05) is 0 Å². The number of aliphatic hydroxyl groups excluding tert-OH is 1. The van der Waals surface area contributed by atoms with Gasteiger partial charge in [-0.25, -0.2) is 0 Å². The molecule has 0 aromatic heterocycles. The number of hydrogen-bond donors (Lipinski definition) is 1. The summed E-state index contributed by atoms with van der Waals surface area (Å²) in [6.07, 6.45) is 4.45. The van der Waals surface area contributed by atoms with Gasteiger partial charge < -0.3 is 19.5 Å². The molecule has 1 N–H and O–H groups in total. The van der Waals surface area contributed by atoms with Crippen LogP contribution in [0.1, 0.15) is 46.0 Å². The van der Waals surface area contributed by atoms with Gasteiger partial charge in [0.1, 0.15) is 6.54 Å². The number of carboxylic acid groups (broad SMARTS) is 1. The van der Waals surface area contributed by atoms with Crippen LogP contribution in [-0.4, -0.2) is 48.3 Å². The number of unbranched alkanes of at least 4 members (excludes halogenated alkanes) is 2. The van der Waals surface area contributed by atoms with E-state index in [0.29, 0.717) is 13.1 Å². The van der Waals surface area contributed by atoms with E-state index in [1.165, 1.54) is 0 Å². The van der Waals surface area contributed by atoms with Crippen LogP contribution in [0.15, 0.2) is 0 Å². The fourth-order valence-electron chi connectivity index (χ4n) is 2.20. The predicted molar refractivity (Wildman–Crippen MR) is 66.3 cm³/mol. The molecule has 0 bridgehead atoms. The fourth-order valence-corrected chi connectivity index (χ4v) is 2.20. The predicted octanol–water partition coefficient (Wildman–Crippen LogP) is 0.536. The SMILES string of the molecule is CCCC[N+](CCO)(CCCC)CCC(=O)[O-]. The molecule has 102 valence electrons. The van der Waals surface area contributed by atoms with Gasteiger partial charge in [-0.15, -0.1) is 0 Å². The Morgan fingerprint density at radius 3 is 1.94 bits per heavy atom. The van der Waals surface area contributed by atoms with Crippen molar-refractivity contribution in [1.82, 2.24) is 0 Å². The summed E-state index contributed by atoms with van der Waals surface area (Å²) in [6, 6.07) is 0. The zero-order valence-corrected chi connectivity index (χ0v) is 11.3. The molecule has 0 rings (SSSR count). The van der Waals surface area contributed by atoms with E-state index in [-0.39, 0.29) is 13.0 Å². The first-order valence-corrected chi connectivity index (χ1v) is 6.76. The van der Waals surface area contributed by atoms with E-state index in [0.717, 1.165) is 43.3 Å². The Morgan fingerprint density at radius 1 is 1.06 bits per heavy atom. The maximum atomic E-state index is 10.6. The number of carbonyl (C=O) groups excluding carboxylic acids is 1. The second-order valence-corrected chi connectivity index (χ2v) is 4.79. The van der Waals surface area contributed by atoms with Gasteiger partial charge in [0.15, 0.2) is 0 Å². The van der Waals surface area contributed by atoms with E-state index in [2.05, 4.69) is 13.8 Å². The molecule has 0 radical (unpaired) electrons. The van der Waals surface area contributed by atoms with Gasteiger partial charge in [0.25, 0.3) is 0 Å². The number of carbonyl (C=O) groups is 1. The van der Waals surface area contributed by atoms with E-state index in [1.54, 1.807) is 0 Å². The Morgan fingerprint density at radius 2 is 1.59 bits per heavy atom. The number of hydrogen-bond acceptors (Lipinski definition) is 3. The number of aliphatic hydroxyl groups is 1. The molecule has 0 aromatic carbocycles. The largest absolute Gasteiger partial charge is 0.550 e. The molecule has 17 heavy (non-hydrogen) atoms. The van der Waals surface area contributed by atoms with Crippen LogP contribution in [0.3, 0.4) is 0 Å². The van der Waals surface area contributed by atoms with Crippen molar-refractivity contribution < 1.29 is 19.5 Å². The quantitative estimate of drug-likeness (QED) is 0.540. The lowest BCUT2D eigenvalue weighted by molar-refractivity contribution is -0.928. The standard InChI is InChI=1S/C13H27NO3/c1-3-5-8-14(11-12-15,9-6-4-2)10-7-13(16)17/h15H,3-12H2,1-2H3. The molecular formula is C13H27NO3. The molecule has 0 aliphatic carbocycles. The first-order chi connectivity index (χ1) is 8.10. The molecule has 0 heterocycles. The molecule has 0 aliphatic heterocycles. The zero-order valence-electron chi connectivity index (χ0n) is 11.3. The van der Waals surface area contributed by atoms with Gasteiger partial charge in [-0.3, -0.25) is 0 Å². The van der Waals surface area contributed by atoms with E-state index in [4.69, 9.17) is 0 Å². The molecule has 0 saturated carbocycles. The van der Waals surface area contributed by atoms with E-state index >= 15 is 0 Å². The Bertz CT molecular complexity index is 199. The van der Waals surface area contributed by atoms with E-state index < -0.39 is 5.97 Å². The van der Waals surface area contributed by atoms with Crippen molar-refractivity contribution in [3.05, 3.63) is 0 Å². The number of rotatable bonds is 11. The third kappa shape index (κ3) is 7.34. The average molecular weight is 245 g/mol. The maximum Gasteiger partial charge on any atom is 0.102 e. The Hall–Kier alpha value is -0.610. The minimum Gasteiger partial charge on any atom is -0.550 e. The normalized spacial score (nSPS) is 11.7. The molecule has 0 fully saturated rings. The molecule has 0 unspecified atom stereocenters. The summed E-state index contributed by atoms with van der Waals surface area (Å²) in [5, 5.41) is 19.8. The molecule has 0 saturated heterocycles. The van der Waals surface area contributed by atoms with Crippen molar-refractivity contribution in [3.8, 4) is 0 Å². The van der Waals surface area contributed by atoms with Gasteiger partial charge in [0.2, 0.25) is 0 Å². The molecule has 4 nitrogen and oxygen atoms in total. The second-order valence-electron chi connectivity index (χ2n) is 4.79. The van der Waals surface area contributed by atoms with Crippen LogP contribution in [0.25, 0.3) is 0 Å². The number of nitrogens with zero attached hydrogens (tertiary/aromatic N) is 1. The van der Waals surface area contributed by atoms with Crippen LogP contribution in [-0.2, 0) is 4.79 Å². The number of aliphatic carboxylic acids is 1. The lowest BCUT2D eigenvalue weighted by Gasteiger charge is -2.38. The van der Waals surface area contributed by atoms with Crippen LogP contribution in [0, 0.1) is 0 Å². The van der Waals surface area contributed by atoms with E-state index in [9.17, 15) is 15.0 Å². The zero-order chi connectivity index (χ0) is 13.1. The maximum absolute atomic E-state index is 10.6. The van der Waals surface area contributed by atoms with Crippen molar-refractivity contribution in [2.75, 3.05) is 32.8 Å². The van der Waals surface area contributed by atoms with Gasteiger partial charge in [-0.05, 0) is 12.8 Å². The molecule has 0 aliphatic rings. The minimum atomic E-state index is -0.988. The summed E-state index contributed by atoms with van der Waals surface area (Å²) in [5.41, 5.74) is 0. The van der Waals surface area contributed by atoms with Crippen LogP contribution in [0.2, 0.25) is 0 Å². The monoisotopic (exact) mass is 245 g/mol. The van der Waals surface area contributed by atoms with Gasteiger partial charge in [0, 0.05) is 12.4 Å². The van der Waals surface area contributed by atoms with Crippen molar-refractivity contribution >= 4 is 5.97 Å². The highest BCUT2D eigenvalue weighted by atomic mass is 16.4. The molecule has 4 heteroatoms. The third-order valence-electron chi connectivity index (χ3n) is 3.34. The summed E-state index contributed by atoms with van der Waals surface area (Å²) in [6.45, 7) is 7.56. The van der Waals surface area contributed by atoms with Crippen molar-refractivity contribution in [2.45, 2.75) is 46.0 Å². The van der Waals surface area contributed by atoms with Gasteiger partial charge in [0.05, 0.1) is 26.2 Å². The Labute approximate surface area is 105 Å². The summed E-state index contributed by atoms with van der Waals surface area (Å²) in [5.74, 6) is -0.988. The highest BCUT2D eigenvalue weighted by Crippen LogP contribution is 2.13. The summed E-state index contributed by atoms with van der Waals surface area (Å²) in [7, 11) is 0. The highest BCUT2D eigenvalue weighted by molar-refractivity contribution is 5.64.